The number of hydrazone groups is 4. The summed E-state index contributed by atoms with van der Waals surface area (Å²) in [7, 11) is 0. The van der Waals surface area contributed by atoms with Crippen LogP contribution in [0.1, 0.15) is 0 Å². The standard InChI is InChI=1S/2C2H6N4O2.3Cu.2NO3/c2*3-5-1(7)2(8)6-4;;;;2*2-1(3)4/h2*3-4H2,(H,5,7)(H,6,8);;;;;/q;;3*+2;2*-1/p-4. The van der Waals surface area contributed by atoms with E-state index in [-0.39, 0.29) is 51.2 Å². The molecule has 0 aromatic heterocycles. The van der Waals surface area contributed by atoms with Crippen molar-refractivity contribution in [3.8, 4) is 0 Å². The van der Waals surface area contributed by atoms with Crippen LogP contribution in [-0.2, 0) is 51.2 Å². The summed E-state index contributed by atoms with van der Waals surface area (Å²) >= 11 is 0. The van der Waals surface area contributed by atoms with Gasteiger partial charge in [0.15, 0.2) is 0 Å². The molecule has 27 heavy (non-hydrogen) atoms. The van der Waals surface area contributed by atoms with Crippen LogP contribution in [0, 0.1) is 30.6 Å². The van der Waals surface area contributed by atoms with Crippen LogP contribution in [0.2, 0.25) is 0 Å². The van der Waals surface area contributed by atoms with Crippen molar-refractivity contribution in [3.63, 3.8) is 0 Å². The van der Waals surface area contributed by atoms with Crippen molar-refractivity contribution in [2.45, 2.75) is 0 Å². The maximum atomic E-state index is 9.93. The Balaban J connectivity index is -0.0000000399. The zero-order valence-electron chi connectivity index (χ0n) is 12.0. The third kappa shape index (κ3) is 60.0. The van der Waals surface area contributed by atoms with Crippen molar-refractivity contribution >= 4 is 23.6 Å². The maximum absolute atomic E-state index is 9.93. The van der Waals surface area contributed by atoms with E-state index in [2.05, 4.69) is 43.8 Å². The van der Waals surface area contributed by atoms with Gasteiger partial charge in [-0.3, -0.25) is 0 Å². The fraction of sp³-hybridized carbons (Fsp3) is 0. The molecular weight excluding hydrogens is 539 g/mol. The Kier molecular flexibility index (Phi) is 50.3. The third-order valence-corrected chi connectivity index (χ3v) is 0.835. The molecule has 3 radical (unpaired) electrons. The summed E-state index contributed by atoms with van der Waals surface area (Å²) in [5.74, 6) is 13.0. The van der Waals surface area contributed by atoms with Crippen LogP contribution in [0.5, 0.6) is 0 Å². The van der Waals surface area contributed by atoms with Crippen molar-refractivity contribution in [1.82, 2.24) is 0 Å². The molecule has 8 N–H and O–H groups in total. The van der Waals surface area contributed by atoms with E-state index in [0.29, 0.717) is 0 Å². The first-order chi connectivity index (χ1) is 10.9. The Morgan fingerprint density at radius 2 is 0.593 bits per heavy atom. The van der Waals surface area contributed by atoms with E-state index in [0.717, 1.165) is 0 Å². The normalized spacial score (nSPS) is 10.1. The Labute approximate surface area is 179 Å². The largest absolute Gasteiger partial charge is 2.00 e. The molecule has 0 aromatic rings. The minimum Gasteiger partial charge on any atom is -0.857 e. The van der Waals surface area contributed by atoms with Gasteiger partial charge in [0.05, 0.1) is 10.2 Å². The molecule has 23 heteroatoms. The first-order valence-electron chi connectivity index (χ1n) is 4.34. The molecule has 0 bridgehead atoms. The molecule has 0 fully saturated rings. The molecule has 0 saturated heterocycles. The first kappa shape index (κ1) is 43.9. The number of rotatable bonds is 0. The Hall–Kier alpha value is -2.96. The number of nitrogens with zero attached hydrogens (tertiary/aromatic N) is 6. The quantitative estimate of drug-likeness (QED) is 0.0547. The van der Waals surface area contributed by atoms with Crippen molar-refractivity contribution < 1.29 is 81.8 Å². The smallest absolute Gasteiger partial charge is 0.857 e. The molecule has 0 atom stereocenters. The zero-order valence-corrected chi connectivity index (χ0v) is 14.8. The van der Waals surface area contributed by atoms with Crippen molar-refractivity contribution in [2.24, 2.45) is 43.8 Å². The predicted octanol–water partition coefficient (Wildman–Crippen LogP) is -7.98. The Morgan fingerprint density at radius 1 is 0.519 bits per heavy atom. The van der Waals surface area contributed by atoms with Crippen molar-refractivity contribution in [3.05, 3.63) is 30.6 Å². The summed E-state index contributed by atoms with van der Waals surface area (Å²) in [6.07, 6.45) is 0. The fourth-order valence-electron chi connectivity index (χ4n) is 0.221. The van der Waals surface area contributed by atoms with Crippen molar-refractivity contribution in [1.29, 1.82) is 0 Å². The van der Waals surface area contributed by atoms with Gasteiger partial charge in [-0.2, -0.15) is 20.4 Å². The Morgan fingerprint density at radius 3 is 0.630 bits per heavy atom. The van der Waals surface area contributed by atoms with Gasteiger partial charge in [-0.15, -0.1) is 0 Å². The predicted molar refractivity (Wildman–Crippen MR) is 67.2 cm³/mol. The van der Waals surface area contributed by atoms with E-state index in [4.69, 9.17) is 30.6 Å². The van der Waals surface area contributed by atoms with Crippen LogP contribution in [0.25, 0.3) is 0 Å². The fourth-order valence-corrected chi connectivity index (χ4v) is 0.221. The molecular formula is C4H8Cu3N10O10. The molecule has 0 aliphatic rings. The van der Waals surface area contributed by atoms with Gasteiger partial charge in [-0.1, -0.05) is 0 Å². The molecule has 20 nitrogen and oxygen atoms in total. The molecule has 0 aliphatic carbocycles. The van der Waals surface area contributed by atoms with E-state index in [1.54, 1.807) is 0 Å². The van der Waals surface area contributed by atoms with Gasteiger partial charge in [0.1, 0.15) is 0 Å². The second-order valence-electron chi connectivity index (χ2n) is 2.18. The Bertz CT molecular complexity index is 414. The molecule has 0 amide bonds. The van der Waals surface area contributed by atoms with Crippen LogP contribution in [-0.4, -0.2) is 33.8 Å². The van der Waals surface area contributed by atoms with Gasteiger partial charge < -0.3 is 74.4 Å². The van der Waals surface area contributed by atoms with Crippen molar-refractivity contribution in [2.75, 3.05) is 0 Å². The molecule has 167 valence electrons. The number of nitrogens with two attached hydrogens (primary N) is 4. The second kappa shape index (κ2) is 30.9. The average molecular weight is 547 g/mol. The average Bonchev–Trinajstić information content (AvgIpc) is 2.51. The number of hydrogen-bond acceptors (Lipinski definition) is 18. The van der Waals surface area contributed by atoms with E-state index in [1.165, 1.54) is 0 Å². The van der Waals surface area contributed by atoms with Gasteiger partial charge >= 0.3 is 51.2 Å². The molecule has 0 unspecified atom stereocenters. The van der Waals surface area contributed by atoms with Gasteiger partial charge in [-0.05, 0) is 0 Å². The van der Waals surface area contributed by atoms with Gasteiger partial charge in [0, 0.05) is 23.6 Å². The van der Waals surface area contributed by atoms with E-state index < -0.39 is 33.8 Å². The molecule has 0 aliphatic heterocycles. The van der Waals surface area contributed by atoms with Crippen LogP contribution < -0.4 is 43.8 Å². The third-order valence-electron chi connectivity index (χ3n) is 0.835. The molecule has 0 rings (SSSR count). The van der Waals surface area contributed by atoms with Crippen LogP contribution in [0.4, 0.5) is 0 Å². The second-order valence-corrected chi connectivity index (χ2v) is 2.18. The van der Waals surface area contributed by atoms with Crippen LogP contribution >= 0.6 is 0 Å². The minimum atomic E-state index is -1.75. The summed E-state index contributed by atoms with van der Waals surface area (Å²) in [5.41, 5.74) is 0. The van der Waals surface area contributed by atoms with Crippen LogP contribution in [0.15, 0.2) is 20.4 Å². The van der Waals surface area contributed by atoms with E-state index in [9.17, 15) is 20.4 Å². The molecule has 0 spiro atoms. The van der Waals surface area contributed by atoms with Gasteiger partial charge in [0.2, 0.25) is 0 Å². The zero-order chi connectivity index (χ0) is 20.3. The topological polar surface area (TPSA) is 378 Å². The molecule has 0 heterocycles. The van der Waals surface area contributed by atoms with E-state index >= 15 is 0 Å². The maximum Gasteiger partial charge on any atom is 2.00 e. The summed E-state index contributed by atoms with van der Waals surface area (Å²) in [4.78, 5) is 16.5. The van der Waals surface area contributed by atoms with Crippen LogP contribution in [0.3, 0.4) is 0 Å². The molecule has 0 saturated carbocycles. The number of hydrogen-bond donors (Lipinski definition) is 4. The monoisotopic (exact) mass is 545 g/mol. The summed E-state index contributed by atoms with van der Waals surface area (Å²) in [6, 6.07) is 0. The summed E-state index contributed by atoms with van der Waals surface area (Å²) in [5, 5.41) is 79.2. The van der Waals surface area contributed by atoms with Gasteiger partial charge in [0.25, 0.3) is 0 Å². The van der Waals surface area contributed by atoms with E-state index in [1.807, 2.05) is 0 Å². The first-order valence-corrected chi connectivity index (χ1v) is 4.34. The summed E-state index contributed by atoms with van der Waals surface area (Å²) < 4.78 is 0. The minimum absolute atomic E-state index is 0. The summed E-state index contributed by atoms with van der Waals surface area (Å²) in [6.45, 7) is 0. The SMILES string of the molecule is NN=C([O-])C([O-])=NN.NN=C([O-])C([O-])=NN.O=[N+]([O-])[O-].O=[N+]([O-])[O-].[Cu+2].[Cu+2].[Cu+2]. The van der Waals surface area contributed by atoms with Gasteiger partial charge in [-0.25, -0.2) is 0 Å². The molecule has 0 aromatic carbocycles.